The number of nitrogens with one attached hydrogen (secondary N) is 2. The zero-order valence-corrected chi connectivity index (χ0v) is 11.3. The van der Waals surface area contributed by atoms with E-state index in [1.54, 1.807) is 19.1 Å². The average molecular weight is 262 g/mol. The van der Waals surface area contributed by atoms with E-state index in [-0.39, 0.29) is 23.1 Å². The van der Waals surface area contributed by atoms with Crippen molar-refractivity contribution < 1.29 is 14.7 Å². The molecule has 0 heterocycles. The van der Waals surface area contributed by atoms with E-state index in [9.17, 15) is 9.59 Å². The molecule has 2 amide bonds. The molecule has 0 radical (unpaired) electrons. The van der Waals surface area contributed by atoms with E-state index in [2.05, 4.69) is 24.5 Å². The number of carbonyl (C=O) groups is 2. The first-order valence-electron chi connectivity index (χ1n) is 6.21. The molecule has 1 unspecified atom stereocenters. The Balaban J connectivity index is 1.99. The molecular weight excluding hydrogens is 244 g/mol. The summed E-state index contributed by atoms with van der Waals surface area (Å²) in [4.78, 5) is 22.6. The first-order chi connectivity index (χ1) is 8.79. The fourth-order valence-corrected chi connectivity index (χ4v) is 1.97. The van der Waals surface area contributed by atoms with Crippen LogP contribution in [0.25, 0.3) is 0 Å². The smallest absolute Gasteiger partial charge is 0.335 e. The van der Waals surface area contributed by atoms with Crippen molar-refractivity contribution >= 4 is 17.7 Å². The lowest BCUT2D eigenvalue weighted by molar-refractivity contribution is 0.0697. The second kappa shape index (κ2) is 4.57. The molecule has 0 saturated heterocycles. The maximum absolute atomic E-state index is 11.8. The van der Waals surface area contributed by atoms with Gasteiger partial charge < -0.3 is 15.7 Å². The number of amides is 2. The van der Waals surface area contributed by atoms with Crippen LogP contribution in [-0.2, 0) is 0 Å². The standard InChI is InChI=1S/C14H18N2O3/c1-8-6-9(12(17)18)4-5-10(8)15-13(19)16-11-7-14(11,2)3/h4-6,11H,7H2,1-3H3,(H,17,18)(H2,15,16,19). The monoisotopic (exact) mass is 262 g/mol. The van der Waals surface area contributed by atoms with Gasteiger partial charge in [0.2, 0.25) is 0 Å². The van der Waals surface area contributed by atoms with Gasteiger partial charge in [0.15, 0.2) is 0 Å². The van der Waals surface area contributed by atoms with Gasteiger partial charge in [0.1, 0.15) is 0 Å². The number of rotatable bonds is 3. The number of benzene rings is 1. The molecule has 102 valence electrons. The summed E-state index contributed by atoms with van der Waals surface area (Å²) in [7, 11) is 0. The van der Waals surface area contributed by atoms with Crippen molar-refractivity contribution in [2.75, 3.05) is 5.32 Å². The zero-order valence-electron chi connectivity index (χ0n) is 11.3. The summed E-state index contributed by atoms with van der Waals surface area (Å²) >= 11 is 0. The minimum absolute atomic E-state index is 0.180. The van der Waals surface area contributed by atoms with Crippen LogP contribution in [-0.4, -0.2) is 23.1 Å². The highest BCUT2D eigenvalue weighted by molar-refractivity contribution is 5.93. The van der Waals surface area contributed by atoms with Crippen LogP contribution in [0.3, 0.4) is 0 Å². The van der Waals surface area contributed by atoms with E-state index in [0.29, 0.717) is 5.69 Å². The predicted octanol–water partition coefficient (Wildman–Crippen LogP) is 2.61. The summed E-state index contributed by atoms with van der Waals surface area (Å²) in [6, 6.07) is 4.59. The highest BCUT2D eigenvalue weighted by Gasteiger charge is 2.46. The molecule has 5 heteroatoms. The fraction of sp³-hybridized carbons (Fsp3) is 0.429. The van der Waals surface area contributed by atoms with Gasteiger partial charge >= 0.3 is 12.0 Å². The van der Waals surface area contributed by atoms with E-state index in [1.807, 2.05) is 0 Å². The molecule has 0 bridgehead atoms. The third kappa shape index (κ3) is 3.05. The highest BCUT2D eigenvalue weighted by Crippen LogP contribution is 2.44. The lowest BCUT2D eigenvalue weighted by Crippen LogP contribution is -2.32. The number of hydrogen-bond acceptors (Lipinski definition) is 2. The molecule has 0 aromatic heterocycles. The van der Waals surface area contributed by atoms with E-state index in [1.165, 1.54) is 6.07 Å². The van der Waals surface area contributed by atoms with E-state index < -0.39 is 5.97 Å². The van der Waals surface area contributed by atoms with Crippen molar-refractivity contribution in [3.8, 4) is 0 Å². The third-order valence-electron chi connectivity index (χ3n) is 3.54. The summed E-state index contributed by atoms with van der Waals surface area (Å²) in [5, 5.41) is 14.5. The highest BCUT2D eigenvalue weighted by atomic mass is 16.4. The van der Waals surface area contributed by atoms with Crippen molar-refractivity contribution in [3.63, 3.8) is 0 Å². The normalized spacial score (nSPS) is 19.6. The maximum atomic E-state index is 11.8. The molecule has 1 aliphatic carbocycles. The minimum atomic E-state index is -0.973. The second-order valence-corrected chi connectivity index (χ2v) is 5.68. The Bertz CT molecular complexity index is 537. The molecule has 0 spiro atoms. The lowest BCUT2D eigenvalue weighted by atomic mass is 10.1. The molecule has 1 aliphatic rings. The van der Waals surface area contributed by atoms with Gasteiger partial charge in [-0.1, -0.05) is 13.8 Å². The summed E-state index contributed by atoms with van der Waals surface area (Å²) in [6.45, 7) is 5.97. The Morgan fingerprint density at radius 2 is 2.00 bits per heavy atom. The topological polar surface area (TPSA) is 78.4 Å². The van der Waals surface area contributed by atoms with Gasteiger partial charge in [-0.25, -0.2) is 9.59 Å². The summed E-state index contributed by atoms with van der Waals surface area (Å²) in [6.07, 6.45) is 0.983. The molecule has 0 aliphatic heterocycles. The molecule has 1 saturated carbocycles. The Morgan fingerprint density at radius 1 is 1.37 bits per heavy atom. The number of anilines is 1. The summed E-state index contributed by atoms with van der Waals surface area (Å²) in [5.41, 5.74) is 1.75. The number of urea groups is 1. The average Bonchev–Trinajstić information content (AvgIpc) is 2.88. The van der Waals surface area contributed by atoms with Crippen molar-refractivity contribution in [2.45, 2.75) is 33.2 Å². The van der Waals surface area contributed by atoms with Crippen LogP contribution < -0.4 is 10.6 Å². The summed E-state index contributed by atoms with van der Waals surface area (Å²) in [5.74, 6) is -0.973. The van der Waals surface area contributed by atoms with Gasteiger partial charge in [-0.05, 0) is 42.5 Å². The van der Waals surface area contributed by atoms with Crippen molar-refractivity contribution in [3.05, 3.63) is 29.3 Å². The SMILES string of the molecule is Cc1cc(C(=O)O)ccc1NC(=O)NC1CC1(C)C. The maximum Gasteiger partial charge on any atom is 0.335 e. The van der Waals surface area contributed by atoms with Crippen LogP contribution in [0, 0.1) is 12.3 Å². The van der Waals surface area contributed by atoms with Crippen LogP contribution in [0.15, 0.2) is 18.2 Å². The van der Waals surface area contributed by atoms with Gasteiger partial charge in [0.05, 0.1) is 5.56 Å². The number of hydrogen-bond donors (Lipinski definition) is 3. The minimum Gasteiger partial charge on any atom is -0.478 e. The number of carbonyl (C=O) groups excluding carboxylic acids is 1. The molecule has 3 N–H and O–H groups in total. The van der Waals surface area contributed by atoms with Gasteiger partial charge in [-0.2, -0.15) is 0 Å². The van der Waals surface area contributed by atoms with Gasteiger partial charge in [0, 0.05) is 11.7 Å². The molecule has 19 heavy (non-hydrogen) atoms. The number of carboxylic acid groups (broad SMARTS) is 1. The molecule has 5 nitrogen and oxygen atoms in total. The number of aromatic carboxylic acids is 1. The summed E-state index contributed by atoms with van der Waals surface area (Å²) < 4.78 is 0. The van der Waals surface area contributed by atoms with Gasteiger partial charge in [0.25, 0.3) is 0 Å². The van der Waals surface area contributed by atoms with E-state index >= 15 is 0 Å². The molecule has 1 aromatic carbocycles. The van der Waals surface area contributed by atoms with Crippen molar-refractivity contribution in [1.82, 2.24) is 5.32 Å². The Morgan fingerprint density at radius 3 is 2.47 bits per heavy atom. The van der Waals surface area contributed by atoms with Crippen LogP contribution in [0.2, 0.25) is 0 Å². The van der Waals surface area contributed by atoms with Crippen LogP contribution in [0.5, 0.6) is 0 Å². The second-order valence-electron chi connectivity index (χ2n) is 5.68. The van der Waals surface area contributed by atoms with Crippen LogP contribution >= 0.6 is 0 Å². The number of carboxylic acids is 1. The van der Waals surface area contributed by atoms with E-state index in [0.717, 1.165) is 12.0 Å². The number of aryl methyl sites for hydroxylation is 1. The molecule has 2 rings (SSSR count). The van der Waals surface area contributed by atoms with Crippen LogP contribution in [0.4, 0.5) is 10.5 Å². The molecule has 1 fully saturated rings. The Kier molecular flexibility index (Phi) is 3.22. The Hall–Kier alpha value is -2.04. The van der Waals surface area contributed by atoms with Crippen molar-refractivity contribution in [1.29, 1.82) is 0 Å². The first-order valence-corrected chi connectivity index (χ1v) is 6.21. The predicted molar refractivity (Wildman–Crippen MR) is 72.5 cm³/mol. The van der Waals surface area contributed by atoms with Gasteiger partial charge in [-0.15, -0.1) is 0 Å². The van der Waals surface area contributed by atoms with Crippen molar-refractivity contribution in [2.24, 2.45) is 5.41 Å². The Labute approximate surface area is 112 Å². The molecule has 1 aromatic rings. The quantitative estimate of drug-likeness (QED) is 0.783. The zero-order chi connectivity index (χ0) is 14.2. The molecule has 1 atom stereocenters. The van der Waals surface area contributed by atoms with E-state index in [4.69, 9.17) is 5.11 Å². The first kappa shape index (κ1) is 13.4. The third-order valence-corrected chi connectivity index (χ3v) is 3.54. The van der Waals surface area contributed by atoms with Crippen LogP contribution in [0.1, 0.15) is 36.2 Å². The largest absolute Gasteiger partial charge is 0.478 e. The lowest BCUT2D eigenvalue weighted by Gasteiger charge is -2.11. The molecular formula is C14H18N2O3. The van der Waals surface area contributed by atoms with Gasteiger partial charge in [-0.3, -0.25) is 0 Å². The fourth-order valence-electron chi connectivity index (χ4n) is 1.97.